The van der Waals surface area contributed by atoms with E-state index in [9.17, 15) is 5.11 Å². The average Bonchev–Trinajstić information content (AvgIpc) is 2.25. The Hall–Kier alpha value is -0.0400. The van der Waals surface area contributed by atoms with E-state index in [2.05, 4.69) is 27.7 Å². The van der Waals surface area contributed by atoms with Gasteiger partial charge in [-0.15, -0.1) is 0 Å². The fraction of sp³-hybridized carbons (Fsp3) is 1.00. The van der Waals surface area contributed by atoms with Crippen molar-refractivity contribution in [2.45, 2.75) is 65.9 Å². The average molecular weight is 236 g/mol. The van der Waals surface area contributed by atoms with E-state index in [0.717, 1.165) is 17.8 Å². The zero-order chi connectivity index (χ0) is 12.4. The molecule has 0 radical (unpaired) electrons. The van der Waals surface area contributed by atoms with Gasteiger partial charge < -0.3 is 5.11 Å². The van der Waals surface area contributed by atoms with Gasteiger partial charge in [0, 0.05) is 0 Å². The molecule has 0 aliphatic heterocycles. The van der Waals surface area contributed by atoms with E-state index >= 15 is 0 Å². The van der Waals surface area contributed by atoms with Crippen LogP contribution in [-0.4, -0.2) is 11.2 Å². The lowest BCUT2D eigenvalue weighted by atomic mass is 9.35. The second kappa shape index (κ2) is 3.50. The number of aliphatic hydroxyl groups excluding tert-OH is 1. The van der Waals surface area contributed by atoms with E-state index in [1.807, 2.05) is 0 Å². The SMILES string of the molecule is CC1C(O)C(C)(C)CC2(C)C3CCCCC3C12. The molecule has 3 aliphatic rings. The molecule has 98 valence electrons. The summed E-state index contributed by atoms with van der Waals surface area (Å²) in [7, 11) is 0. The molecule has 0 saturated heterocycles. The molecule has 0 amide bonds. The van der Waals surface area contributed by atoms with E-state index in [0.29, 0.717) is 11.3 Å². The van der Waals surface area contributed by atoms with E-state index in [1.165, 1.54) is 32.1 Å². The van der Waals surface area contributed by atoms with Crippen LogP contribution in [0.4, 0.5) is 0 Å². The Balaban J connectivity index is 1.91. The maximum absolute atomic E-state index is 10.5. The zero-order valence-corrected chi connectivity index (χ0v) is 11.9. The fourth-order valence-corrected chi connectivity index (χ4v) is 6.26. The van der Waals surface area contributed by atoms with Gasteiger partial charge in [-0.2, -0.15) is 0 Å². The lowest BCUT2D eigenvalue weighted by molar-refractivity contribution is -0.241. The first-order valence-electron chi connectivity index (χ1n) is 7.56. The second-order valence-electron chi connectivity index (χ2n) is 8.06. The van der Waals surface area contributed by atoms with Gasteiger partial charge in [-0.25, -0.2) is 0 Å². The molecule has 0 aromatic rings. The minimum Gasteiger partial charge on any atom is -0.392 e. The summed E-state index contributed by atoms with van der Waals surface area (Å²) in [4.78, 5) is 0. The molecule has 1 heteroatoms. The van der Waals surface area contributed by atoms with Crippen molar-refractivity contribution in [3.8, 4) is 0 Å². The summed E-state index contributed by atoms with van der Waals surface area (Å²) in [5.41, 5.74) is 0.653. The molecule has 0 bridgehead atoms. The third-order valence-electron chi connectivity index (χ3n) is 6.59. The van der Waals surface area contributed by atoms with Gasteiger partial charge in [-0.05, 0) is 53.8 Å². The molecule has 1 nitrogen and oxygen atoms in total. The van der Waals surface area contributed by atoms with Crippen molar-refractivity contribution >= 4 is 0 Å². The van der Waals surface area contributed by atoms with Crippen molar-refractivity contribution in [3.05, 3.63) is 0 Å². The molecule has 3 aliphatic carbocycles. The molecular formula is C16H28O. The van der Waals surface area contributed by atoms with Crippen molar-refractivity contribution in [1.82, 2.24) is 0 Å². The number of fused-ring (bicyclic) bond motifs is 4. The van der Waals surface area contributed by atoms with Crippen LogP contribution in [0.2, 0.25) is 0 Å². The maximum Gasteiger partial charge on any atom is 0.0619 e. The van der Waals surface area contributed by atoms with Crippen molar-refractivity contribution < 1.29 is 5.11 Å². The second-order valence-corrected chi connectivity index (χ2v) is 8.06. The molecule has 0 spiro atoms. The monoisotopic (exact) mass is 236 g/mol. The van der Waals surface area contributed by atoms with Crippen LogP contribution < -0.4 is 0 Å². The third kappa shape index (κ3) is 1.41. The number of hydrogen-bond donors (Lipinski definition) is 1. The van der Waals surface area contributed by atoms with Gasteiger partial charge >= 0.3 is 0 Å². The lowest BCUT2D eigenvalue weighted by Crippen LogP contribution is -2.66. The Morgan fingerprint density at radius 2 is 1.71 bits per heavy atom. The van der Waals surface area contributed by atoms with Gasteiger partial charge in [0.15, 0.2) is 0 Å². The molecule has 3 saturated carbocycles. The molecule has 0 aromatic carbocycles. The normalized spacial score (nSPS) is 56.6. The molecule has 0 aromatic heterocycles. The van der Waals surface area contributed by atoms with Crippen molar-refractivity contribution in [3.63, 3.8) is 0 Å². The smallest absolute Gasteiger partial charge is 0.0619 e. The summed E-state index contributed by atoms with van der Waals surface area (Å²) in [5, 5.41) is 10.5. The highest BCUT2D eigenvalue weighted by molar-refractivity contribution is 5.14. The molecular weight excluding hydrogens is 208 g/mol. The van der Waals surface area contributed by atoms with Crippen molar-refractivity contribution in [1.29, 1.82) is 0 Å². The first kappa shape index (κ1) is 12.0. The zero-order valence-electron chi connectivity index (χ0n) is 11.9. The maximum atomic E-state index is 10.5. The Morgan fingerprint density at radius 3 is 2.41 bits per heavy atom. The molecule has 1 N–H and O–H groups in total. The first-order valence-corrected chi connectivity index (χ1v) is 7.56. The Kier molecular flexibility index (Phi) is 2.47. The molecule has 3 fully saturated rings. The van der Waals surface area contributed by atoms with Crippen LogP contribution in [-0.2, 0) is 0 Å². The van der Waals surface area contributed by atoms with Gasteiger partial charge in [-0.3, -0.25) is 0 Å². The fourth-order valence-electron chi connectivity index (χ4n) is 6.26. The molecule has 3 rings (SSSR count). The molecule has 0 heterocycles. The number of aliphatic hydroxyl groups is 1. The van der Waals surface area contributed by atoms with Gasteiger partial charge in [0.25, 0.3) is 0 Å². The number of hydrogen-bond acceptors (Lipinski definition) is 1. The Morgan fingerprint density at radius 1 is 1.06 bits per heavy atom. The Bertz CT molecular complexity index is 321. The molecule has 6 unspecified atom stereocenters. The highest BCUT2D eigenvalue weighted by Gasteiger charge is 2.65. The predicted octanol–water partition coefficient (Wildman–Crippen LogP) is 3.86. The van der Waals surface area contributed by atoms with Gasteiger partial charge in [0.05, 0.1) is 6.10 Å². The third-order valence-corrected chi connectivity index (χ3v) is 6.59. The van der Waals surface area contributed by atoms with Gasteiger partial charge in [-0.1, -0.05) is 40.5 Å². The van der Waals surface area contributed by atoms with Crippen LogP contribution in [0.15, 0.2) is 0 Å². The minimum absolute atomic E-state index is 0.0940. The molecule has 6 atom stereocenters. The van der Waals surface area contributed by atoms with E-state index in [4.69, 9.17) is 0 Å². The van der Waals surface area contributed by atoms with Gasteiger partial charge in [0.1, 0.15) is 0 Å². The van der Waals surface area contributed by atoms with E-state index in [-0.39, 0.29) is 11.5 Å². The Labute approximate surface area is 106 Å². The largest absolute Gasteiger partial charge is 0.392 e. The van der Waals surface area contributed by atoms with Crippen molar-refractivity contribution in [2.24, 2.45) is 34.5 Å². The quantitative estimate of drug-likeness (QED) is 0.677. The summed E-state index contributed by atoms with van der Waals surface area (Å²) >= 11 is 0. The van der Waals surface area contributed by atoms with E-state index < -0.39 is 0 Å². The van der Waals surface area contributed by atoms with Crippen LogP contribution in [0.1, 0.15) is 59.8 Å². The first-order chi connectivity index (χ1) is 7.88. The van der Waals surface area contributed by atoms with E-state index in [1.54, 1.807) is 0 Å². The summed E-state index contributed by atoms with van der Waals surface area (Å²) < 4.78 is 0. The lowest BCUT2D eigenvalue weighted by Gasteiger charge is -2.70. The highest BCUT2D eigenvalue weighted by atomic mass is 16.3. The molecule has 17 heavy (non-hydrogen) atoms. The van der Waals surface area contributed by atoms with Crippen LogP contribution in [0.5, 0.6) is 0 Å². The van der Waals surface area contributed by atoms with Crippen molar-refractivity contribution in [2.75, 3.05) is 0 Å². The summed E-state index contributed by atoms with van der Waals surface area (Å²) in [5.74, 6) is 3.21. The summed E-state index contributed by atoms with van der Waals surface area (Å²) in [6.45, 7) is 9.37. The van der Waals surface area contributed by atoms with Crippen LogP contribution >= 0.6 is 0 Å². The standard InChI is InChI=1S/C16H28O/c1-10-13-11-7-5-6-8-12(11)16(13,4)9-15(2,3)14(10)17/h10-14,17H,5-9H2,1-4H3. The number of rotatable bonds is 0. The van der Waals surface area contributed by atoms with Crippen LogP contribution in [0, 0.1) is 34.5 Å². The minimum atomic E-state index is -0.0940. The van der Waals surface area contributed by atoms with Crippen LogP contribution in [0.3, 0.4) is 0 Å². The summed E-state index contributed by atoms with van der Waals surface area (Å²) in [6.07, 6.45) is 6.90. The summed E-state index contributed by atoms with van der Waals surface area (Å²) in [6, 6.07) is 0. The van der Waals surface area contributed by atoms with Gasteiger partial charge in [0.2, 0.25) is 0 Å². The predicted molar refractivity (Wildman–Crippen MR) is 70.6 cm³/mol. The van der Waals surface area contributed by atoms with Crippen LogP contribution in [0.25, 0.3) is 0 Å². The topological polar surface area (TPSA) is 20.2 Å². The highest BCUT2D eigenvalue weighted by Crippen LogP contribution is 2.70.